The Bertz CT molecular complexity index is 850. The molecule has 24 heavy (non-hydrogen) atoms. The van der Waals surface area contributed by atoms with Crippen LogP contribution in [-0.4, -0.2) is 33.7 Å². The van der Waals surface area contributed by atoms with Crippen molar-refractivity contribution in [2.24, 2.45) is 0 Å². The van der Waals surface area contributed by atoms with Crippen LogP contribution in [0.2, 0.25) is 5.02 Å². The first-order valence-electron chi connectivity index (χ1n) is 7.04. The van der Waals surface area contributed by atoms with E-state index in [-0.39, 0.29) is 5.89 Å². The van der Waals surface area contributed by atoms with Crippen LogP contribution in [0.5, 0.6) is 0 Å². The zero-order valence-electron chi connectivity index (χ0n) is 12.9. The normalized spacial score (nSPS) is 18.9. The Hall–Kier alpha value is -2.40. The third-order valence-electron chi connectivity index (χ3n) is 3.24. The SMILES string of the molecule is CC1(C)OC[C@@H](c2nnc(-c3ccc(C#CC(=O)O)c(Cl)c3)o2)O1. The van der Waals surface area contributed by atoms with E-state index in [0.717, 1.165) is 0 Å². The molecular weight excluding hydrogens is 336 g/mol. The molecule has 1 aromatic heterocycles. The van der Waals surface area contributed by atoms with Crippen LogP contribution < -0.4 is 0 Å². The number of hydrogen-bond donors (Lipinski definition) is 1. The first kappa shape index (κ1) is 16.5. The van der Waals surface area contributed by atoms with E-state index >= 15 is 0 Å². The summed E-state index contributed by atoms with van der Waals surface area (Å²) in [6, 6.07) is 4.85. The molecule has 1 N–H and O–H groups in total. The molecule has 0 bridgehead atoms. The molecule has 1 saturated heterocycles. The summed E-state index contributed by atoms with van der Waals surface area (Å²) >= 11 is 6.10. The predicted octanol–water partition coefficient (Wildman–Crippen LogP) is 2.65. The summed E-state index contributed by atoms with van der Waals surface area (Å²) < 4.78 is 16.8. The fraction of sp³-hybridized carbons (Fsp3) is 0.312. The van der Waals surface area contributed by atoms with E-state index in [1.54, 1.807) is 32.0 Å². The molecule has 2 heterocycles. The number of rotatable bonds is 2. The maximum absolute atomic E-state index is 10.5. The highest BCUT2D eigenvalue weighted by atomic mass is 35.5. The second kappa shape index (κ2) is 6.24. The van der Waals surface area contributed by atoms with Crippen molar-refractivity contribution >= 4 is 17.6 Å². The number of ether oxygens (including phenoxy) is 2. The lowest BCUT2D eigenvalue weighted by Gasteiger charge is -2.15. The van der Waals surface area contributed by atoms with E-state index in [1.807, 2.05) is 5.92 Å². The highest BCUT2D eigenvalue weighted by molar-refractivity contribution is 6.32. The van der Waals surface area contributed by atoms with Gasteiger partial charge in [0.1, 0.15) is 0 Å². The number of halogens is 1. The molecule has 0 amide bonds. The van der Waals surface area contributed by atoms with Crippen molar-refractivity contribution in [1.29, 1.82) is 0 Å². The summed E-state index contributed by atoms with van der Waals surface area (Å²) in [7, 11) is 0. The van der Waals surface area contributed by atoms with Gasteiger partial charge in [-0.1, -0.05) is 17.5 Å². The number of benzene rings is 1. The molecule has 1 fully saturated rings. The van der Waals surface area contributed by atoms with Crippen LogP contribution >= 0.6 is 11.6 Å². The number of aromatic nitrogens is 2. The molecule has 0 saturated carbocycles. The van der Waals surface area contributed by atoms with Gasteiger partial charge in [-0.05, 0) is 32.0 Å². The standard InChI is InChI=1S/C16H13ClN2O5/c1-16(2)22-8-12(24-16)15-19-18-14(23-15)10-4-3-9(11(17)7-10)5-6-13(20)21/h3-4,7,12H,8H2,1-2H3,(H,20,21)/t12-/m0/s1. The van der Waals surface area contributed by atoms with Gasteiger partial charge in [0, 0.05) is 17.0 Å². The summed E-state index contributed by atoms with van der Waals surface area (Å²) in [6.07, 6.45) is -0.419. The molecule has 1 aliphatic rings. The van der Waals surface area contributed by atoms with Crippen LogP contribution in [0.1, 0.15) is 31.4 Å². The molecule has 1 aliphatic heterocycles. The maximum Gasteiger partial charge on any atom is 0.382 e. The minimum absolute atomic E-state index is 0.276. The Labute approximate surface area is 142 Å². The first-order valence-corrected chi connectivity index (χ1v) is 7.42. The monoisotopic (exact) mass is 348 g/mol. The zero-order valence-corrected chi connectivity index (χ0v) is 13.6. The van der Waals surface area contributed by atoms with Gasteiger partial charge in [0.25, 0.3) is 0 Å². The van der Waals surface area contributed by atoms with E-state index in [2.05, 4.69) is 16.1 Å². The van der Waals surface area contributed by atoms with Crippen LogP contribution in [0, 0.1) is 11.8 Å². The summed E-state index contributed by atoms with van der Waals surface area (Å²) in [5, 5.41) is 16.8. The van der Waals surface area contributed by atoms with Gasteiger partial charge in [0.2, 0.25) is 11.8 Å². The van der Waals surface area contributed by atoms with Gasteiger partial charge in [-0.15, -0.1) is 10.2 Å². The fourth-order valence-corrected chi connectivity index (χ4v) is 2.39. The van der Waals surface area contributed by atoms with Crippen molar-refractivity contribution in [3.8, 4) is 23.3 Å². The van der Waals surface area contributed by atoms with Crippen LogP contribution in [0.15, 0.2) is 22.6 Å². The Kier molecular flexibility index (Phi) is 4.28. The summed E-state index contributed by atoms with van der Waals surface area (Å²) in [5.74, 6) is 3.16. The van der Waals surface area contributed by atoms with Gasteiger partial charge in [-0.3, -0.25) is 0 Å². The molecule has 0 spiro atoms. The van der Waals surface area contributed by atoms with E-state index in [9.17, 15) is 4.79 Å². The molecule has 7 nitrogen and oxygen atoms in total. The summed E-state index contributed by atoms with van der Waals surface area (Å²) in [5.41, 5.74) is 0.995. The summed E-state index contributed by atoms with van der Waals surface area (Å²) in [6.45, 7) is 3.95. The molecule has 124 valence electrons. The van der Waals surface area contributed by atoms with E-state index in [1.165, 1.54) is 0 Å². The van der Waals surface area contributed by atoms with Gasteiger partial charge < -0.3 is 19.0 Å². The molecule has 0 unspecified atom stereocenters. The number of carbonyl (C=O) groups is 1. The van der Waals surface area contributed by atoms with E-state index in [4.69, 9.17) is 30.6 Å². The lowest BCUT2D eigenvalue weighted by Crippen LogP contribution is -2.19. The topological polar surface area (TPSA) is 94.7 Å². The lowest BCUT2D eigenvalue weighted by molar-refractivity contribution is -0.141. The fourth-order valence-electron chi connectivity index (χ4n) is 2.16. The zero-order chi connectivity index (χ0) is 17.3. The second-order valence-corrected chi connectivity index (χ2v) is 5.92. The quantitative estimate of drug-likeness (QED) is 0.833. The van der Waals surface area contributed by atoms with Gasteiger partial charge in [0.15, 0.2) is 11.9 Å². The minimum Gasteiger partial charge on any atom is -0.472 e. The van der Waals surface area contributed by atoms with Crippen LogP contribution in [0.4, 0.5) is 0 Å². The molecule has 8 heteroatoms. The van der Waals surface area contributed by atoms with Crippen molar-refractivity contribution in [3.63, 3.8) is 0 Å². The number of carboxylic acids is 1. The number of nitrogens with zero attached hydrogens (tertiary/aromatic N) is 2. The Morgan fingerprint density at radius 1 is 1.42 bits per heavy atom. The van der Waals surface area contributed by atoms with E-state index in [0.29, 0.717) is 28.6 Å². The van der Waals surface area contributed by atoms with Crippen molar-refractivity contribution in [3.05, 3.63) is 34.7 Å². The van der Waals surface area contributed by atoms with Gasteiger partial charge in [-0.2, -0.15) is 0 Å². The average molecular weight is 349 g/mol. The predicted molar refractivity (Wildman–Crippen MR) is 83.1 cm³/mol. The van der Waals surface area contributed by atoms with Crippen molar-refractivity contribution in [2.75, 3.05) is 6.61 Å². The molecule has 3 rings (SSSR count). The van der Waals surface area contributed by atoms with E-state index < -0.39 is 17.9 Å². The molecule has 0 aliphatic carbocycles. The Balaban J connectivity index is 1.82. The molecule has 1 atom stereocenters. The maximum atomic E-state index is 10.5. The van der Waals surface area contributed by atoms with Crippen LogP contribution in [-0.2, 0) is 14.3 Å². The summed E-state index contributed by atoms with van der Waals surface area (Å²) in [4.78, 5) is 10.5. The third kappa shape index (κ3) is 3.57. The highest BCUT2D eigenvalue weighted by Gasteiger charge is 2.36. The van der Waals surface area contributed by atoms with Crippen LogP contribution in [0.3, 0.4) is 0 Å². The molecule has 0 radical (unpaired) electrons. The number of hydrogen-bond acceptors (Lipinski definition) is 6. The van der Waals surface area contributed by atoms with Crippen LogP contribution in [0.25, 0.3) is 11.5 Å². The van der Waals surface area contributed by atoms with Crippen molar-refractivity contribution < 1.29 is 23.8 Å². The lowest BCUT2D eigenvalue weighted by atomic mass is 10.1. The molecular formula is C16H13ClN2O5. The highest BCUT2D eigenvalue weighted by Crippen LogP contribution is 2.33. The van der Waals surface area contributed by atoms with Gasteiger partial charge >= 0.3 is 5.97 Å². The number of aliphatic carboxylic acids is 1. The minimum atomic E-state index is -1.22. The smallest absolute Gasteiger partial charge is 0.382 e. The van der Waals surface area contributed by atoms with Gasteiger partial charge in [-0.25, -0.2) is 4.79 Å². The second-order valence-electron chi connectivity index (χ2n) is 5.51. The van der Waals surface area contributed by atoms with Gasteiger partial charge in [0.05, 0.1) is 11.6 Å². The third-order valence-corrected chi connectivity index (χ3v) is 3.56. The average Bonchev–Trinajstić information content (AvgIpc) is 3.12. The number of carboxylic acid groups (broad SMARTS) is 1. The first-order chi connectivity index (χ1) is 11.3. The Morgan fingerprint density at radius 2 is 2.21 bits per heavy atom. The van der Waals surface area contributed by atoms with Crippen molar-refractivity contribution in [1.82, 2.24) is 10.2 Å². The largest absolute Gasteiger partial charge is 0.472 e. The molecule has 2 aromatic rings. The van der Waals surface area contributed by atoms with Crippen molar-refractivity contribution in [2.45, 2.75) is 25.7 Å². The molecule has 1 aromatic carbocycles. The Morgan fingerprint density at radius 3 is 2.83 bits per heavy atom.